The fraction of sp³-hybridized carbons (Fsp3) is 0.857. The lowest BCUT2D eigenvalue weighted by molar-refractivity contribution is -0.113. The lowest BCUT2D eigenvalue weighted by atomic mass is 10.00. The van der Waals surface area contributed by atoms with Crippen LogP contribution in [0.2, 0.25) is 0 Å². The number of amides is 1. The number of aldehydes is 1. The molecule has 1 rings (SSSR count). The Morgan fingerprint density at radius 2 is 1.84 bits per heavy atom. The van der Waals surface area contributed by atoms with Gasteiger partial charge in [0.15, 0.2) is 0 Å². The maximum absolute atomic E-state index is 11.7. The third-order valence-corrected chi connectivity index (χ3v) is 3.19. The summed E-state index contributed by atoms with van der Waals surface area (Å²) in [6, 6.07) is 0. The van der Waals surface area contributed by atoms with E-state index in [1.54, 1.807) is 27.7 Å². The molecule has 0 aliphatic carbocycles. The van der Waals surface area contributed by atoms with E-state index in [0.29, 0.717) is 6.42 Å². The number of hydrogen-bond donors (Lipinski definition) is 1. The van der Waals surface area contributed by atoms with E-state index in [9.17, 15) is 9.59 Å². The predicted molar refractivity (Wildman–Crippen MR) is 74.1 cm³/mol. The lowest BCUT2D eigenvalue weighted by Gasteiger charge is -2.29. The molecule has 0 aromatic heterocycles. The molecule has 1 aliphatic heterocycles. The SMILES string of the molecule is CC(C=O)(CCN1CCCC1)NC(=O)OC(C)(C)C. The van der Waals surface area contributed by atoms with Gasteiger partial charge in [0.05, 0.1) is 5.54 Å². The standard InChI is InChI=1S/C14H26N2O3/c1-13(2,3)19-12(18)15-14(4,11-17)7-10-16-8-5-6-9-16/h11H,5-10H2,1-4H3,(H,15,18). The number of rotatable bonds is 5. The van der Waals surface area contributed by atoms with Crippen LogP contribution in [0.4, 0.5) is 4.79 Å². The number of alkyl carbamates (subject to hydrolysis) is 1. The number of carbonyl (C=O) groups is 2. The molecule has 0 radical (unpaired) electrons. The van der Waals surface area contributed by atoms with Crippen molar-refractivity contribution in [3.63, 3.8) is 0 Å². The summed E-state index contributed by atoms with van der Waals surface area (Å²) in [5.74, 6) is 0. The van der Waals surface area contributed by atoms with Gasteiger partial charge in [-0.25, -0.2) is 4.79 Å². The molecule has 0 aromatic carbocycles. The van der Waals surface area contributed by atoms with Crippen molar-refractivity contribution >= 4 is 12.4 Å². The quantitative estimate of drug-likeness (QED) is 0.776. The first kappa shape index (κ1) is 16.0. The van der Waals surface area contributed by atoms with Crippen molar-refractivity contribution in [3.8, 4) is 0 Å². The molecule has 1 aliphatic rings. The molecular weight excluding hydrogens is 244 g/mol. The summed E-state index contributed by atoms with van der Waals surface area (Å²) in [6.07, 6.45) is 3.31. The number of nitrogens with one attached hydrogen (secondary N) is 1. The van der Waals surface area contributed by atoms with Crippen molar-refractivity contribution in [2.45, 2.75) is 58.1 Å². The second kappa shape index (κ2) is 6.37. The first-order valence-corrected chi connectivity index (χ1v) is 6.94. The molecule has 5 heteroatoms. The molecule has 0 saturated carbocycles. The summed E-state index contributed by atoms with van der Waals surface area (Å²) in [7, 11) is 0. The van der Waals surface area contributed by atoms with E-state index in [-0.39, 0.29) is 0 Å². The van der Waals surface area contributed by atoms with Gasteiger partial charge in [0.1, 0.15) is 11.9 Å². The number of nitrogens with zero attached hydrogens (tertiary/aromatic N) is 1. The summed E-state index contributed by atoms with van der Waals surface area (Å²) in [5, 5.41) is 2.67. The van der Waals surface area contributed by atoms with E-state index in [4.69, 9.17) is 4.74 Å². The summed E-state index contributed by atoms with van der Waals surface area (Å²) in [4.78, 5) is 25.3. The van der Waals surface area contributed by atoms with Crippen molar-refractivity contribution in [3.05, 3.63) is 0 Å². The van der Waals surface area contributed by atoms with Gasteiger partial charge < -0.3 is 19.7 Å². The first-order valence-electron chi connectivity index (χ1n) is 6.94. The fourth-order valence-corrected chi connectivity index (χ4v) is 2.08. The highest BCUT2D eigenvalue weighted by atomic mass is 16.6. The number of ether oxygens (including phenoxy) is 1. The second-order valence-electron chi connectivity index (χ2n) is 6.46. The van der Waals surface area contributed by atoms with Crippen LogP contribution in [0.25, 0.3) is 0 Å². The van der Waals surface area contributed by atoms with E-state index < -0.39 is 17.2 Å². The molecule has 1 fully saturated rings. The van der Waals surface area contributed by atoms with Crippen LogP contribution in [-0.2, 0) is 9.53 Å². The van der Waals surface area contributed by atoms with Gasteiger partial charge in [-0.15, -0.1) is 0 Å². The normalized spacial score (nSPS) is 19.8. The van der Waals surface area contributed by atoms with Gasteiger partial charge in [0, 0.05) is 6.54 Å². The topological polar surface area (TPSA) is 58.6 Å². The Bertz CT molecular complexity index is 319. The summed E-state index contributed by atoms with van der Waals surface area (Å²) >= 11 is 0. The van der Waals surface area contributed by atoms with Crippen LogP contribution < -0.4 is 5.32 Å². The van der Waals surface area contributed by atoms with Crippen LogP contribution in [0.15, 0.2) is 0 Å². The molecular formula is C14H26N2O3. The maximum Gasteiger partial charge on any atom is 0.408 e. The van der Waals surface area contributed by atoms with Gasteiger partial charge in [0.25, 0.3) is 0 Å². The molecule has 1 saturated heterocycles. The minimum Gasteiger partial charge on any atom is -0.444 e. The second-order valence-corrected chi connectivity index (χ2v) is 6.46. The molecule has 110 valence electrons. The van der Waals surface area contributed by atoms with Crippen molar-refractivity contribution in [2.24, 2.45) is 0 Å². The molecule has 5 nitrogen and oxygen atoms in total. The van der Waals surface area contributed by atoms with E-state index >= 15 is 0 Å². The van der Waals surface area contributed by atoms with E-state index in [1.807, 2.05) is 0 Å². The average molecular weight is 270 g/mol. The minimum atomic E-state index is -0.856. The van der Waals surface area contributed by atoms with E-state index in [0.717, 1.165) is 25.9 Å². The highest BCUT2D eigenvalue weighted by molar-refractivity contribution is 5.76. The summed E-state index contributed by atoms with van der Waals surface area (Å²) in [6.45, 7) is 10.1. The Morgan fingerprint density at radius 3 is 2.32 bits per heavy atom. The van der Waals surface area contributed by atoms with E-state index in [1.165, 1.54) is 12.8 Å². The number of likely N-dealkylation sites (tertiary alicyclic amines) is 1. The highest BCUT2D eigenvalue weighted by Gasteiger charge is 2.29. The molecule has 0 bridgehead atoms. The zero-order valence-corrected chi connectivity index (χ0v) is 12.5. The molecule has 1 atom stereocenters. The number of carbonyl (C=O) groups excluding carboxylic acids is 2. The van der Waals surface area contributed by atoms with Crippen LogP contribution in [0.3, 0.4) is 0 Å². The molecule has 0 spiro atoms. The minimum absolute atomic E-state index is 0.538. The summed E-state index contributed by atoms with van der Waals surface area (Å²) in [5.41, 5.74) is -1.41. The number of hydrogen-bond acceptors (Lipinski definition) is 4. The van der Waals surface area contributed by atoms with Crippen molar-refractivity contribution in [2.75, 3.05) is 19.6 Å². The van der Waals surface area contributed by atoms with Gasteiger partial charge in [0.2, 0.25) is 0 Å². The maximum atomic E-state index is 11.7. The predicted octanol–water partition coefficient (Wildman–Crippen LogP) is 1.95. The lowest BCUT2D eigenvalue weighted by Crippen LogP contribution is -2.50. The monoisotopic (exact) mass is 270 g/mol. The third kappa shape index (κ3) is 6.05. The Morgan fingerprint density at radius 1 is 1.26 bits per heavy atom. The van der Waals surface area contributed by atoms with Gasteiger partial charge in [-0.1, -0.05) is 0 Å². The first-order chi connectivity index (χ1) is 8.74. The smallest absolute Gasteiger partial charge is 0.408 e. The molecule has 1 heterocycles. The van der Waals surface area contributed by atoms with Crippen molar-refractivity contribution in [1.82, 2.24) is 10.2 Å². The fourth-order valence-electron chi connectivity index (χ4n) is 2.08. The zero-order chi connectivity index (χ0) is 14.5. The van der Waals surface area contributed by atoms with E-state index in [2.05, 4.69) is 10.2 Å². The van der Waals surface area contributed by atoms with Gasteiger partial charge in [-0.2, -0.15) is 0 Å². The van der Waals surface area contributed by atoms with Gasteiger partial charge >= 0.3 is 6.09 Å². The van der Waals surface area contributed by atoms with Crippen molar-refractivity contribution in [1.29, 1.82) is 0 Å². The Balaban J connectivity index is 2.44. The van der Waals surface area contributed by atoms with Gasteiger partial charge in [-0.3, -0.25) is 0 Å². The zero-order valence-electron chi connectivity index (χ0n) is 12.5. The van der Waals surface area contributed by atoms with Crippen molar-refractivity contribution < 1.29 is 14.3 Å². The van der Waals surface area contributed by atoms with Crippen LogP contribution in [0, 0.1) is 0 Å². The molecule has 0 aromatic rings. The molecule has 1 unspecified atom stereocenters. The molecule has 1 amide bonds. The van der Waals surface area contributed by atoms with Crippen LogP contribution in [-0.4, -0.2) is 48.1 Å². The molecule has 19 heavy (non-hydrogen) atoms. The highest BCUT2D eigenvalue weighted by Crippen LogP contribution is 2.14. The van der Waals surface area contributed by atoms with Crippen LogP contribution >= 0.6 is 0 Å². The third-order valence-electron chi connectivity index (χ3n) is 3.19. The largest absolute Gasteiger partial charge is 0.444 e. The average Bonchev–Trinajstić information content (AvgIpc) is 2.76. The Labute approximate surface area is 115 Å². The van der Waals surface area contributed by atoms with Crippen LogP contribution in [0.1, 0.15) is 47.0 Å². The molecule has 1 N–H and O–H groups in total. The summed E-state index contributed by atoms with van der Waals surface area (Å²) < 4.78 is 5.18. The Kier molecular flexibility index (Phi) is 5.35. The van der Waals surface area contributed by atoms with Gasteiger partial charge in [-0.05, 0) is 60.0 Å². The Hall–Kier alpha value is -1.10. The van der Waals surface area contributed by atoms with Crippen LogP contribution in [0.5, 0.6) is 0 Å².